The van der Waals surface area contributed by atoms with Crippen LogP contribution in [0, 0.1) is 19.3 Å². The van der Waals surface area contributed by atoms with Gasteiger partial charge in [-0.2, -0.15) is 0 Å². The van der Waals surface area contributed by atoms with Crippen molar-refractivity contribution in [3.05, 3.63) is 34.9 Å². The van der Waals surface area contributed by atoms with Gasteiger partial charge in [0.1, 0.15) is 0 Å². The first-order chi connectivity index (χ1) is 9.37. The molecule has 1 unspecified atom stereocenters. The fourth-order valence-electron chi connectivity index (χ4n) is 3.20. The lowest BCUT2D eigenvalue weighted by Gasteiger charge is -2.26. The largest absolute Gasteiger partial charge is 0.323 e. The fourth-order valence-corrected chi connectivity index (χ4v) is 3.20. The smallest absolute Gasteiger partial charge is 0.0427 e. The number of hydrogen-bond acceptors (Lipinski definition) is 2. The highest BCUT2D eigenvalue weighted by molar-refractivity contribution is 5.33. The summed E-state index contributed by atoms with van der Waals surface area (Å²) in [6.45, 7) is 12.5. The molecule has 0 bridgehead atoms. The third-order valence-corrected chi connectivity index (χ3v) is 4.72. The molecule has 0 amide bonds. The van der Waals surface area contributed by atoms with Crippen molar-refractivity contribution in [2.75, 3.05) is 19.6 Å². The minimum Gasteiger partial charge on any atom is -0.323 e. The highest BCUT2D eigenvalue weighted by Crippen LogP contribution is 2.30. The van der Waals surface area contributed by atoms with Crippen LogP contribution in [-0.2, 0) is 0 Å². The summed E-state index contributed by atoms with van der Waals surface area (Å²) in [7, 11) is 0. The highest BCUT2D eigenvalue weighted by atomic mass is 15.1. The summed E-state index contributed by atoms with van der Waals surface area (Å²) in [6.07, 6.45) is 3.92. The second-order valence-electron chi connectivity index (χ2n) is 7.28. The Hall–Kier alpha value is -0.860. The summed E-state index contributed by atoms with van der Waals surface area (Å²) in [5, 5.41) is 0. The van der Waals surface area contributed by atoms with Crippen LogP contribution in [0.25, 0.3) is 0 Å². The van der Waals surface area contributed by atoms with E-state index < -0.39 is 0 Å². The maximum atomic E-state index is 6.47. The summed E-state index contributed by atoms with van der Waals surface area (Å²) in [4.78, 5) is 2.56. The van der Waals surface area contributed by atoms with Crippen LogP contribution in [0.3, 0.4) is 0 Å². The lowest BCUT2D eigenvalue weighted by Crippen LogP contribution is -2.33. The van der Waals surface area contributed by atoms with Gasteiger partial charge in [-0.25, -0.2) is 0 Å². The Morgan fingerprint density at radius 3 is 2.70 bits per heavy atom. The van der Waals surface area contributed by atoms with Crippen LogP contribution in [0.1, 0.15) is 55.8 Å². The maximum Gasteiger partial charge on any atom is 0.0427 e. The second-order valence-corrected chi connectivity index (χ2v) is 7.28. The minimum atomic E-state index is 0.135. The van der Waals surface area contributed by atoms with Gasteiger partial charge in [0.05, 0.1) is 0 Å². The Labute approximate surface area is 124 Å². The lowest BCUT2D eigenvalue weighted by atomic mass is 9.85. The third-order valence-electron chi connectivity index (χ3n) is 4.72. The van der Waals surface area contributed by atoms with E-state index in [1.165, 1.54) is 49.0 Å². The molecule has 1 aromatic carbocycles. The summed E-state index contributed by atoms with van der Waals surface area (Å²) < 4.78 is 0. The van der Waals surface area contributed by atoms with Gasteiger partial charge in [-0.05, 0) is 62.7 Å². The average Bonchev–Trinajstić information content (AvgIpc) is 2.54. The van der Waals surface area contributed by atoms with E-state index in [1.54, 1.807) is 0 Å². The maximum absolute atomic E-state index is 6.47. The summed E-state index contributed by atoms with van der Waals surface area (Å²) in [6, 6.07) is 6.74. The molecule has 0 radical (unpaired) electrons. The van der Waals surface area contributed by atoms with Crippen LogP contribution < -0.4 is 5.73 Å². The van der Waals surface area contributed by atoms with Crippen LogP contribution in [0.2, 0.25) is 0 Å². The van der Waals surface area contributed by atoms with Gasteiger partial charge in [0.15, 0.2) is 0 Å². The predicted octanol–water partition coefficient (Wildman–Crippen LogP) is 3.82. The van der Waals surface area contributed by atoms with Crippen molar-refractivity contribution in [3.8, 4) is 0 Å². The molecule has 0 spiro atoms. The van der Waals surface area contributed by atoms with Gasteiger partial charge in [0, 0.05) is 12.6 Å². The van der Waals surface area contributed by atoms with Crippen molar-refractivity contribution in [1.29, 1.82) is 0 Å². The molecule has 2 nitrogen and oxygen atoms in total. The molecule has 0 aliphatic carbocycles. The van der Waals surface area contributed by atoms with Gasteiger partial charge < -0.3 is 10.6 Å². The number of hydrogen-bond donors (Lipinski definition) is 1. The van der Waals surface area contributed by atoms with Gasteiger partial charge in [-0.1, -0.05) is 37.6 Å². The van der Waals surface area contributed by atoms with Crippen LogP contribution in [-0.4, -0.2) is 24.5 Å². The minimum absolute atomic E-state index is 0.135. The Morgan fingerprint density at radius 2 is 1.95 bits per heavy atom. The molecule has 1 fully saturated rings. The fraction of sp³-hybridized carbons (Fsp3) is 0.667. The van der Waals surface area contributed by atoms with Crippen LogP contribution in [0.5, 0.6) is 0 Å². The molecule has 112 valence electrons. The molecule has 1 aliphatic rings. The van der Waals surface area contributed by atoms with E-state index in [0.717, 1.165) is 6.54 Å². The van der Waals surface area contributed by atoms with E-state index in [-0.39, 0.29) is 6.04 Å². The van der Waals surface area contributed by atoms with Gasteiger partial charge in [-0.15, -0.1) is 0 Å². The van der Waals surface area contributed by atoms with Crippen molar-refractivity contribution in [3.63, 3.8) is 0 Å². The molecule has 1 aromatic rings. The molecule has 2 N–H and O–H groups in total. The van der Waals surface area contributed by atoms with Crippen molar-refractivity contribution >= 4 is 0 Å². The molecule has 0 aromatic heterocycles. The van der Waals surface area contributed by atoms with Gasteiger partial charge in [-0.3, -0.25) is 0 Å². The number of aryl methyl sites for hydroxylation is 2. The summed E-state index contributed by atoms with van der Waals surface area (Å²) in [5.41, 5.74) is 10.9. The van der Waals surface area contributed by atoms with Gasteiger partial charge in [0.25, 0.3) is 0 Å². The molecule has 1 saturated heterocycles. The molecule has 1 atom stereocenters. The van der Waals surface area contributed by atoms with Gasteiger partial charge >= 0.3 is 0 Å². The van der Waals surface area contributed by atoms with Crippen molar-refractivity contribution in [2.45, 2.75) is 53.0 Å². The molecular formula is C18H30N2. The first kappa shape index (κ1) is 15.5. The zero-order valence-electron chi connectivity index (χ0n) is 13.6. The molecule has 20 heavy (non-hydrogen) atoms. The molecule has 2 rings (SSSR count). The predicted molar refractivity (Wildman–Crippen MR) is 86.9 cm³/mol. The Balaban J connectivity index is 2.00. The van der Waals surface area contributed by atoms with E-state index in [2.05, 4.69) is 50.8 Å². The molecule has 1 aliphatic heterocycles. The van der Waals surface area contributed by atoms with Crippen molar-refractivity contribution < 1.29 is 0 Å². The number of nitrogens with two attached hydrogens (primary N) is 1. The normalized spacial score (nSPS) is 21.4. The van der Waals surface area contributed by atoms with Gasteiger partial charge in [0.2, 0.25) is 0 Å². The van der Waals surface area contributed by atoms with Crippen LogP contribution >= 0.6 is 0 Å². The molecule has 1 heterocycles. The van der Waals surface area contributed by atoms with E-state index in [1.807, 2.05) is 0 Å². The Kier molecular flexibility index (Phi) is 4.87. The number of likely N-dealkylation sites (tertiary alicyclic amines) is 1. The molecule has 2 heteroatoms. The first-order valence-electron chi connectivity index (χ1n) is 7.92. The number of benzene rings is 1. The quantitative estimate of drug-likeness (QED) is 0.908. The van der Waals surface area contributed by atoms with E-state index in [9.17, 15) is 0 Å². The van der Waals surface area contributed by atoms with E-state index in [0.29, 0.717) is 5.41 Å². The third kappa shape index (κ3) is 4.07. The van der Waals surface area contributed by atoms with Crippen LogP contribution in [0.4, 0.5) is 0 Å². The summed E-state index contributed by atoms with van der Waals surface area (Å²) in [5.74, 6) is 0. The monoisotopic (exact) mass is 274 g/mol. The Morgan fingerprint density at radius 1 is 1.20 bits per heavy atom. The zero-order valence-corrected chi connectivity index (χ0v) is 13.6. The van der Waals surface area contributed by atoms with E-state index in [4.69, 9.17) is 5.73 Å². The standard InChI is InChI=1S/C18H30N2/c1-14-6-7-15(2)16(12-14)17(19)13-20-10-5-8-18(3,4)9-11-20/h6-7,12,17H,5,8-11,13,19H2,1-4H3. The Bertz CT molecular complexity index is 451. The van der Waals surface area contributed by atoms with Crippen molar-refractivity contribution in [2.24, 2.45) is 11.1 Å². The lowest BCUT2D eigenvalue weighted by molar-refractivity contribution is 0.249. The average molecular weight is 274 g/mol. The SMILES string of the molecule is Cc1ccc(C)c(C(N)CN2CCCC(C)(C)CC2)c1. The second kappa shape index (κ2) is 6.28. The molecule has 0 saturated carbocycles. The zero-order chi connectivity index (χ0) is 14.8. The summed E-state index contributed by atoms with van der Waals surface area (Å²) >= 11 is 0. The number of rotatable bonds is 3. The number of nitrogens with zero attached hydrogens (tertiary/aromatic N) is 1. The van der Waals surface area contributed by atoms with Crippen LogP contribution in [0.15, 0.2) is 18.2 Å². The highest BCUT2D eigenvalue weighted by Gasteiger charge is 2.24. The first-order valence-corrected chi connectivity index (χ1v) is 7.92. The van der Waals surface area contributed by atoms with E-state index >= 15 is 0 Å². The topological polar surface area (TPSA) is 29.3 Å². The van der Waals surface area contributed by atoms with Crippen molar-refractivity contribution in [1.82, 2.24) is 4.90 Å². The molecular weight excluding hydrogens is 244 g/mol.